The molecule has 2 aromatic heterocycles. The van der Waals surface area contributed by atoms with E-state index in [0.717, 1.165) is 60.5 Å². The largest absolute Gasteiger partial charge is 0.353 e. The number of hydrogen-bond donors (Lipinski definition) is 0. The van der Waals surface area contributed by atoms with Crippen LogP contribution in [-0.4, -0.2) is 49.8 Å². The SMILES string of the molecule is c1ccc2c(N3CCN(Cc4ccc5nsnc5c4)CC3)ncnc2c1. The minimum Gasteiger partial charge on any atom is -0.353 e. The first-order valence-electron chi connectivity index (χ1n) is 8.75. The highest BCUT2D eigenvalue weighted by Crippen LogP contribution is 2.24. The van der Waals surface area contributed by atoms with Crippen molar-refractivity contribution in [3.8, 4) is 0 Å². The molecule has 1 fully saturated rings. The Morgan fingerprint density at radius 2 is 1.69 bits per heavy atom. The molecule has 0 N–H and O–H groups in total. The van der Waals surface area contributed by atoms with Crippen LogP contribution in [0, 0.1) is 0 Å². The van der Waals surface area contributed by atoms with Gasteiger partial charge in [-0.3, -0.25) is 4.90 Å². The van der Waals surface area contributed by atoms with Gasteiger partial charge in [-0.1, -0.05) is 18.2 Å². The molecule has 0 amide bonds. The van der Waals surface area contributed by atoms with Crippen LogP contribution in [0.2, 0.25) is 0 Å². The maximum absolute atomic E-state index is 4.55. The van der Waals surface area contributed by atoms with Gasteiger partial charge in [0.1, 0.15) is 23.2 Å². The van der Waals surface area contributed by atoms with Crippen molar-refractivity contribution in [2.45, 2.75) is 6.54 Å². The van der Waals surface area contributed by atoms with Crippen LogP contribution >= 0.6 is 11.7 Å². The van der Waals surface area contributed by atoms with Gasteiger partial charge in [0.25, 0.3) is 0 Å². The van der Waals surface area contributed by atoms with Gasteiger partial charge >= 0.3 is 0 Å². The molecule has 2 aromatic carbocycles. The quantitative estimate of drug-likeness (QED) is 0.558. The van der Waals surface area contributed by atoms with E-state index in [1.807, 2.05) is 12.1 Å². The van der Waals surface area contributed by atoms with E-state index in [4.69, 9.17) is 0 Å². The molecule has 0 aliphatic carbocycles. The molecular formula is C19H18N6S. The van der Waals surface area contributed by atoms with E-state index in [9.17, 15) is 0 Å². The van der Waals surface area contributed by atoms with E-state index in [0.29, 0.717) is 0 Å². The lowest BCUT2D eigenvalue weighted by atomic mass is 10.1. The minimum atomic E-state index is 0.950. The van der Waals surface area contributed by atoms with Gasteiger partial charge in [-0.25, -0.2) is 9.97 Å². The highest BCUT2D eigenvalue weighted by molar-refractivity contribution is 7.00. The fraction of sp³-hybridized carbons (Fsp3) is 0.263. The van der Waals surface area contributed by atoms with Crippen LogP contribution in [-0.2, 0) is 6.54 Å². The number of aromatic nitrogens is 4. The summed E-state index contributed by atoms with van der Waals surface area (Å²) in [5, 5.41) is 1.13. The first-order chi connectivity index (χ1) is 12.9. The summed E-state index contributed by atoms with van der Waals surface area (Å²) in [5.74, 6) is 1.05. The molecule has 6 nitrogen and oxygen atoms in total. The Labute approximate surface area is 155 Å². The van der Waals surface area contributed by atoms with Crippen LogP contribution in [0.25, 0.3) is 21.9 Å². The first kappa shape index (κ1) is 15.6. The van der Waals surface area contributed by atoms with Crippen molar-refractivity contribution in [1.29, 1.82) is 0 Å². The molecular weight excluding hydrogens is 344 g/mol. The summed E-state index contributed by atoms with van der Waals surface area (Å²) >= 11 is 1.27. The fourth-order valence-corrected chi connectivity index (χ4v) is 4.06. The molecule has 4 aromatic rings. The molecule has 0 radical (unpaired) electrons. The third-order valence-corrected chi connectivity index (χ3v) is 5.47. The summed E-state index contributed by atoms with van der Waals surface area (Å²) in [4.78, 5) is 13.8. The maximum Gasteiger partial charge on any atom is 0.139 e. The Bertz CT molecular complexity index is 1050. The van der Waals surface area contributed by atoms with E-state index in [2.05, 4.69) is 58.8 Å². The summed E-state index contributed by atoms with van der Waals surface area (Å²) in [6, 6.07) is 14.6. The molecule has 5 rings (SSSR count). The maximum atomic E-state index is 4.55. The van der Waals surface area contributed by atoms with E-state index in [-0.39, 0.29) is 0 Å². The van der Waals surface area contributed by atoms with Gasteiger partial charge in [-0.15, -0.1) is 0 Å². The van der Waals surface area contributed by atoms with Gasteiger partial charge in [0.2, 0.25) is 0 Å². The molecule has 0 atom stereocenters. The van der Waals surface area contributed by atoms with Crippen molar-refractivity contribution in [3.63, 3.8) is 0 Å². The summed E-state index contributed by atoms with van der Waals surface area (Å²) < 4.78 is 8.62. The normalized spacial score (nSPS) is 15.8. The number of rotatable bonds is 3. The molecule has 1 aliphatic rings. The van der Waals surface area contributed by atoms with Gasteiger partial charge in [0, 0.05) is 38.1 Å². The topological polar surface area (TPSA) is 58.0 Å². The second kappa shape index (κ2) is 6.59. The lowest BCUT2D eigenvalue weighted by Gasteiger charge is -2.35. The zero-order valence-corrected chi connectivity index (χ0v) is 15.1. The summed E-state index contributed by atoms with van der Waals surface area (Å²) in [6.45, 7) is 4.94. The molecule has 0 saturated carbocycles. The molecule has 26 heavy (non-hydrogen) atoms. The third-order valence-electron chi connectivity index (χ3n) is 4.92. The summed E-state index contributed by atoms with van der Waals surface area (Å²) in [5.41, 5.74) is 4.29. The second-order valence-electron chi connectivity index (χ2n) is 6.56. The highest BCUT2D eigenvalue weighted by atomic mass is 32.1. The van der Waals surface area contributed by atoms with E-state index in [1.165, 1.54) is 17.3 Å². The fourth-order valence-electron chi connectivity index (χ4n) is 3.54. The second-order valence-corrected chi connectivity index (χ2v) is 7.09. The van der Waals surface area contributed by atoms with Crippen molar-refractivity contribution in [1.82, 2.24) is 23.6 Å². The molecule has 0 unspecified atom stereocenters. The van der Waals surface area contributed by atoms with E-state index >= 15 is 0 Å². The van der Waals surface area contributed by atoms with Gasteiger partial charge in [-0.05, 0) is 29.8 Å². The van der Waals surface area contributed by atoms with Crippen LogP contribution in [0.15, 0.2) is 48.8 Å². The molecule has 7 heteroatoms. The molecule has 130 valence electrons. The van der Waals surface area contributed by atoms with Crippen molar-refractivity contribution < 1.29 is 0 Å². The van der Waals surface area contributed by atoms with Crippen molar-refractivity contribution in [3.05, 3.63) is 54.4 Å². The Balaban J connectivity index is 1.29. The lowest BCUT2D eigenvalue weighted by Crippen LogP contribution is -2.46. The van der Waals surface area contributed by atoms with Crippen molar-refractivity contribution in [2.75, 3.05) is 31.1 Å². The van der Waals surface area contributed by atoms with Crippen LogP contribution in [0.5, 0.6) is 0 Å². The van der Waals surface area contributed by atoms with Gasteiger partial charge in [0.05, 0.1) is 17.2 Å². The third kappa shape index (κ3) is 2.89. The van der Waals surface area contributed by atoms with Gasteiger partial charge in [0.15, 0.2) is 0 Å². The molecule has 3 heterocycles. The average Bonchev–Trinajstić information content (AvgIpc) is 3.16. The smallest absolute Gasteiger partial charge is 0.139 e. The zero-order valence-electron chi connectivity index (χ0n) is 14.2. The van der Waals surface area contributed by atoms with Crippen LogP contribution in [0.4, 0.5) is 5.82 Å². The van der Waals surface area contributed by atoms with Crippen molar-refractivity contribution >= 4 is 39.5 Å². The molecule has 1 saturated heterocycles. The number of piperazine rings is 1. The Morgan fingerprint density at radius 1 is 0.846 bits per heavy atom. The Hall–Kier alpha value is -2.64. The highest BCUT2D eigenvalue weighted by Gasteiger charge is 2.20. The predicted octanol–water partition coefficient (Wildman–Crippen LogP) is 2.96. The monoisotopic (exact) mass is 362 g/mol. The first-order valence-corrected chi connectivity index (χ1v) is 9.48. The number of benzene rings is 2. The number of anilines is 1. The number of fused-ring (bicyclic) bond motifs is 2. The Kier molecular flexibility index (Phi) is 3.95. The zero-order chi connectivity index (χ0) is 17.3. The van der Waals surface area contributed by atoms with Crippen LogP contribution < -0.4 is 4.90 Å². The van der Waals surface area contributed by atoms with E-state index < -0.39 is 0 Å². The summed E-state index contributed by atoms with van der Waals surface area (Å²) in [6.07, 6.45) is 1.67. The average molecular weight is 362 g/mol. The van der Waals surface area contributed by atoms with E-state index in [1.54, 1.807) is 6.33 Å². The minimum absolute atomic E-state index is 0.950. The molecule has 0 spiro atoms. The molecule has 0 bridgehead atoms. The lowest BCUT2D eigenvalue weighted by molar-refractivity contribution is 0.249. The van der Waals surface area contributed by atoms with Crippen molar-refractivity contribution in [2.24, 2.45) is 0 Å². The molecule has 1 aliphatic heterocycles. The Morgan fingerprint density at radius 3 is 2.62 bits per heavy atom. The summed E-state index contributed by atoms with van der Waals surface area (Å²) in [7, 11) is 0. The number of nitrogens with zero attached hydrogens (tertiary/aromatic N) is 6. The van der Waals surface area contributed by atoms with Gasteiger partial charge < -0.3 is 4.90 Å². The van der Waals surface area contributed by atoms with Gasteiger partial charge in [-0.2, -0.15) is 8.75 Å². The predicted molar refractivity (Wildman–Crippen MR) is 104 cm³/mol. The number of hydrogen-bond acceptors (Lipinski definition) is 7. The van der Waals surface area contributed by atoms with Crippen LogP contribution in [0.3, 0.4) is 0 Å². The standard InChI is InChI=1S/C19H18N6S/c1-2-4-16-15(3-1)19(21-13-20-16)25-9-7-24(8-10-25)12-14-5-6-17-18(11-14)23-26-22-17/h1-6,11,13H,7-10,12H2. The number of para-hydroxylation sites is 1. The van der Waals surface area contributed by atoms with Crippen LogP contribution in [0.1, 0.15) is 5.56 Å².